The highest BCUT2D eigenvalue weighted by molar-refractivity contribution is 9.11. The normalized spacial score (nSPS) is 11.0. The molecule has 0 fully saturated rings. The van der Waals surface area contributed by atoms with E-state index < -0.39 is 0 Å². The molecule has 3 rings (SSSR count). The van der Waals surface area contributed by atoms with Crippen LogP contribution in [0.25, 0.3) is 10.8 Å². The predicted octanol–water partition coefficient (Wildman–Crippen LogP) is 5.09. The van der Waals surface area contributed by atoms with Crippen LogP contribution in [0.15, 0.2) is 43.4 Å². The number of thioether (sulfide) groups is 1. The summed E-state index contributed by atoms with van der Waals surface area (Å²) in [7, 11) is 0. The second-order valence-electron chi connectivity index (χ2n) is 4.05. The highest BCUT2D eigenvalue weighted by Gasteiger charge is 2.12. The van der Waals surface area contributed by atoms with Crippen LogP contribution in [0, 0.1) is 0 Å². The number of thiophene rings is 1. The Morgan fingerprint density at radius 1 is 1.29 bits per heavy atom. The van der Waals surface area contributed by atoms with Crippen molar-refractivity contribution in [1.82, 2.24) is 10.2 Å². The summed E-state index contributed by atoms with van der Waals surface area (Å²) in [5.74, 6) is 1.58. The molecule has 0 radical (unpaired) electrons. The van der Waals surface area contributed by atoms with Gasteiger partial charge in [-0.15, -0.1) is 33.3 Å². The first kappa shape index (κ1) is 14.9. The number of nitrogens with zero attached hydrogens (tertiary/aromatic N) is 2. The van der Waals surface area contributed by atoms with Gasteiger partial charge in [-0.3, -0.25) is 0 Å². The first-order chi connectivity index (χ1) is 10.1. The van der Waals surface area contributed by atoms with Crippen molar-refractivity contribution in [3.05, 3.63) is 45.0 Å². The quantitative estimate of drug-likeness (QED) is 0.486. The van der Waals surface area contributed by atoms with Crippen molar-refractivity contribution in [3.63, 3.8) is 0 Å². The number of benzene rings is 1. The van der Waals surface area contributed by atoms with Crippen molar-refractivity contribution in [1.29, 1.82) is 0 Å². The van der Waals surface area contributed by atoms with Crippen molar-refractivity contribution >= 4 is 56.3 Å². The predicted molar refractivity (Wildman–Crippen MR) is 90.7 cm³/mol. The molecule has 3 aromatic rings. The smallest absolute Gasteiger partial charge is 0.257 e. The maximum absolute atomic E-state index is 6.13. The summed E-state index contributed by atoms with van der Waals surface area (Å²) in [5.41, 5.74) is 6.56. The van der Waals surface area contributed by atoms with Crippen LogP contribution in [0.4, 0.5) is 5.69 Å². The van der Waals surface area contributed by atoms with Crippen LogP contribution >= 0.6 is 50.6 Å². The Hall–Kier alpha value is -1.02. The molecule has 2 N–H and O–H groups in total. The minimum absolute atomic E-state index is 0.521. The van der Waals surface area contributed by atoms with Crippen molar-refractivity contribution in [3.8, 4) is 10.8 Å². The van der Waals surface area contributed by atoms with Crippen LogP contribution in [0.5, 0.6) is 0 Å². The topological polar surface area (TPSA) is 64.9 Å². The largest absolute Gasteiger partial charge is 0.419 e. The molecule has 2 aromatic heterocycles. The van der Waals surface area contributed by atoms with E-state index >= 15 is 0 Å². The zero-order valence-electron chi connectivity index (χ0n) is 10.5. The number of hydrogen-bond donors (Lipinski definition) is 1. The molecular weight excluding hydrogens is 394 g/mol. The molecule has 0 saturated carbocycles. The summed E-state index contributed by atoms with van der Waals surface area (Å²) in [4.78, 5) is 1.76. The lowest BCUT2D eigenvalue weighted by Gasteiger charge is -2.05. The number of rotatable bonds is 4. The molecule has 108 valence electrons. The molecule has 2 heterocycles. The highest BCUT2D eigenvalue weighted by Crippen LogP contribution is 2.35. The molecule has 0 bridgehead atoms. The Kier molecular flexibility index (Phi) is 4.54. The van der Waals surface area contributed by atoms with E-state index in [0.717, 1.165) is 13.6 Å². The Morgan fingerprint density at radius 2 is 2.14 bits per heavy atom. The van der Waals surface area contributed by atoms with E-state index in [4.69, 9.17) is 21.8 Å². The van der Waals surface area contributed by atoms with Gasteiger partial charge < -0.3 is 10.2 Å². The zero-order valence-corrected chi connectivity index (χ0v) is 14.5. The lowest BCUT2D eigenvalue weighted by molar-refractivity contribution is 0.529. The maximum atomic E-state index is 6.13. The van der Waals surface area contributed by atoms with Gasteiger partial charge in [0.05, 0.1) is 19.4 Å². The molecule has 0 aliphatic carbocycles. The van der Waals surface area contributed by atoms with Gasteiger partial charge in [-0.05, 0) is 40.2 Å². The summed E-state index contributed by atoms with van der Waals surface area (Å²) < 4.78 is 6.67. The molecular formula is C13H9BrClN3OS2. The molecule has 4 nitrogen and oxygen atoms in total. The number of hydrogen-bond acceptors (Lipinski definition) is 6. The van der Waals surface area contributed by atoms with Gasteiger partial charge in [-0.25, -0.2) is 0 Å². The SMILES string of the molecule is Nc1cccc(Cl)c1SCc1nnc(-c2ccc(Br)s2)o1. The molecule has 0 unspecified atom stereocenters. The Labute approximate surface area is 142 Å². The van der Waals surface area contributed by atoms with Crippen LogP contribution in [-0.4, -0.2) is 10.2 Å². The molecule has 0 amide bonds. The summed E-state index contributed by atoms with van der Waals surface area (Å²) in [6.07, 6.45) is 0. The molecule has 8 heteroatoms. The number of nitrogen functional groups attached to an aromatic ring is 1. The Balaban J connectivity index is 1.73. The van der Waals surface area contributed by atoms with Crippen LogP contribution < -0.4 is 5.73 Å². The second kappa shape index (κ2) is 6.39. The van der Waals surface area contributed by atoms with Gasteiger partial charge >= 0.3 is 0 Å². The third-order valence-corrected chi connectivity index (χ3v) is 5.76. The summed E-state index contributed by atoms with van der Waals surface area (Å²) in [6, 6.07) is 9.33. The molecule has 0 spiro atoms. The zero-order chi connectivity index (χ0) is 14.8. The fourth-order valence-electron chi connectivity index (χ4n) is 1.65. The van der Waals surface area contributed by atoms with E-state index in [1.54, 1.807) is 11.3 Å². The van der Waals surface area contributed by atoms with E-state index in [9.17, 15) is 0 Å². The van der Waals surface area contributed by atoms with E-state index in [1.807, 2.05) is 30.3 Å². The van der Waals surface area contributed by atoms with Crippen LogP contribution in [-0.2, 0) is 5.75 Å². The van der Waals surface area contributed by atoms with E-state index in [-0.39, 0.29) is 0 Å². The minimum Gasteiger partial charge on any atom is -0.419 e. The first-order valence-electron chi connectivity index (χ1n) is 5.88. The monoisotopic (exact) mass is 401 g/mol. The number of nitrogens with two attached hydrogens (primary N) is 1. The fraction of sp³-hybridized carbons (Fsp3) is 0.0769. The Bertz CT molecular complexity index is 754. The molecule has 1 aromatic carbocycles. The summed E-state index contributed by atoms with van der Waals surface area (Å²) in [5, 5.41) is 8.73. The lowest BCUT2D eigenvalue weighted by atomic mass is 10.3. The van der Waals surface area contributed by atoms with Crippen LogP contribution in [0.3, 0.4) is 0 Å². The molecule has 0 aliphatic rings. The first-order valence-corrected chi connectivity index (χ1v) is 8.85. The standard InChI is InChI=1S/C13H9BrClN3OS2/c14-10-5-4-9(21-10)13-18-17-11(19-13)6-20-12-7(15)2-1-3-8(12)16/h1-5H,6,16H2. The van der Waals surface area contributed by atoms with Gasteiger partial charge in [0.1, 0.15) is 0 Å². The lowest BCUT2D eigenvalue weighted by Crippen LogP contribution is -1.89. The van der Waals surface area contributed by atoms with Gasteiger partial charge in [0.2, 0.25) is 5.89 Å². The van der Waals surface area contributed by atoms with E-state index in [1.165, 1.54) is 11.8 Å². The highest BCUT2D eigenvalue weighted by atomic mass is 79.9. The number of aromatic nitrogens is 2. The van der Waals surface area contributed by atoms with Crippen molar-refractivity contribution < 1.29 is 4.42 Å². The average Bonchev–Trinajstić information content (AvgIpc) is 3.07. The van der Waals surface area contributed by atoms with Crippen molar-refractivity contribution in [2.24, 2.45) is 0 Å². The molecule has 21 heavy (non-hydrogen) atoms. The number of halogens is 2. The fourth-order valence-corrected chi connectivity index (χ4v) is 4.13. The summed E-state index contributed by atoms with van der Waals surface area (Å²) in [6.45, 7) is 0. The second-order valence-corrected chi connectivity index (χ2v) is 7.91. The maximum Gasteiger partial charge on any atom is 0.257 e. The molecule has 0 aliphatic heterocycles. The van der Waals surface area contributed by atoms with Gasteiger partial charge in [0.15, 0.2) is 0 Å². The average molecular weight is 403 g/mol. The third-order valence-electron chi connectivity index (χ3n) is 2.59. The third kappa shape index (κ3) is 3.42. The van der Waals surface area contributed by atoms with E-state index in [2.05, 4.69) is 26.1 Å². The van der Waals surface area contributed by atoms with Gasteiger partial charge in [0, 0.05) is 10.6 Å². The van der Waals surface area contributed by atoms with Crippen LogP contribution in [0.1, 0.15) is 5.89 Å². The van der Waals surface area contributed by atoms with Gasteiger partial charge in [-0.2, -0.15) is 0 Å². The molecule has 0 saturated heterocycles. The van der Waals surface area contributed by atoms with Crippen molar-refractivity contribution in [2.75, 3.05) is 5.73 Å². The number of anilines is 1. The van der Waals surface area contributed by atoms with E-state index in [0.29, 0.717) is 28.2 Å². The van der Waals surface area contributed by atoms with Crippen molar-refractivity contribution in [2.45, 2.75) is 10.6 Å². The molecule has 0 atom stereocenters. The van der Waals surface area contributed by atoms with Crippen LogP contribution in [0.2, 0.25) is 5.02 Å². The summed E-state index contributed by atoms with van der Waals surface area (Å²) >= 11 is 12.6. The minimum atomic E-state index is 0.521. The van der Waals surface area contributed by atoms with Gasteiger partial charge in [-0.1, -0.05) is 17.7 Å². The Morgan fingerprint density at radius 3 is 2.86 bits per heavy atom. The van der Waals surface area contributed by atoms with Gasteiger partial charge in [0.25, 0.3) is 5.89 Å².